The maximum absolute atomic E-state index is 12.7. The highest BCUT2D eigenvalue weighted by atomic mass is 19.1. The summed E-state index contributed by atoms with van der Waals surface area (Å²) in [6.07, 6.45) is 1.68. The maximum Gasteiger partial charge on any atom is 0.415 e. The number of likely N-dealkylation sites (tertiary alicyclic amines) is 1. The van der Waals surface area contributed by atoms with E-state index in [-0.39, 0.29) is 11.9 Å². The Morgan fingerprint density at radius 3 is 2.47 bits per heavy atom. The van der Waals surface area contributed by atoms with Crippen molar-refractivity contribution in [2.45, 2.75) is 19.8 Å². The van der Waals surface area contributed by atoms with Gasteiger partial charge < -0.3 is 9.64 Å². The number of amides is 1. The van der Waals surface area contributed by atoms with Crippen LogP contribution < -0.4 is 4.74 Å². The van der Waals surface area contributed by atoms with Crippen LogP contribution in [0.5, 0.6) is 5.75 Å². The topological polar surface area (TPSA) is 29.5 Å². The number of rotatable bonds is 1. The second-order valence-electron chi connectivity index (χ2n) is 4.49. The monoisotopic (exact) mass is 237 g/mol. The van der Waals surface area contributed by atoms with Crippen LogP contribution in [-0.2, 0) is 0 Å². The molecule has 0 N–H and O–H groups in total. The number of hydrogen-bond acceptors (Lipinski definition) is 2. The van der Waals surface area contributed by atoms with E-state index >= 15 is 0 Å². The molecule has 0 saturated carbocycles. The highest BCUT2D eigenvalue weighted by molar-refractivity contribution is 5.70. The van der Waals surface area contributed by atoms with Crippen molar-refractivity contribution in [3.63, 3.8) is 0 Å². The van der Waals surface area contributed by atoms with Crippen molar-refractivity contribution in [2.75, 3.05) is 13.1 Å². The van der Waals surface area contributed by atoms with E-state index in [4.69, 9.17) is 4.74 Å². The average molecular weight is 237 g/mol. The number of halogens is 1. The van der Waals surface area contributed by atoms with Gasteiger partial charge in [0.05, 0.1) is 0 Å². The number of ether oxygens (including phenoxy) is 1. The van der Waals surface area contributed by atoms with Gasteiger partial charge in [0.15, 0.2) is 0 Å². The molecule has 1 aliphatic rings. The molecule has 1 aromatic rings. The van der Waals surface area contributed by atoms with Crippen LogP contribution in [0.15, 0.2) is 24.3 Å². The molecule has 1 saturated heterocycles. The molecule has 0 atom stereocenters. The van der Waals surface area contributed by atoms with Crippen molar-refractivity contribution >= 4 is 6.09 Å². The Morgan fingerprint density at radius 2 is 1.88 bits per heavy atom. The van der Waals surface area contributed by atoms with Gasteiger partial charge >= 0.3 is 6.09 Å². The van der Waals surface area contributed by atoms with Crippen molar-refractivity contribution in [3.8, 4) is 5.75 Å². The average Bonchev–Trinajstić information content (AvgIpc) is 2.33. The minimum absolute atomic E-state index is 0.336. The van der Waals surface area contributed by atoms with E-state index in [2.05, 4.69) is 6.92 Å². The second kappa shape index (κ2) is 5.17. The van der Waals surface area contributed by atoms with Crippen LogP contribution in [0.3, 0.4) is 0 Å². The molecule has 92 valence electrons. The maximum atomic E-state index is 12.7. The molecule has 1 aliphatic heterocycles. The summed E-state index contributed by atoms with van der Waals surface area (Å²) < 4.78 is 17.8. The van der Waals surface area contributed by atoms with Crippen molar-refractivity contribution in [1.29, 1.82) is 0 Å². The van der Waals surface area contributed by atoms with Gasteiger partial charge in [0, 0.05) is 13.1 Å². The highest BCUT2D eigenvalue weighted by Gasteiger charge is 2.21. The molecule has 0 radical (unpaired) electrons. The Bertz CT molecular complexity index is 383. The van der Waals surface area contributed by atoms with E-state index in [1.807, 2.05) is 0 Å². The van der Waals surface area contributed by atoms with Gasteiger partial charge in [0.1, 0.15) is 11.6 Å². The van der Waals surface area contributed by atoms with Gasteiger partial charge in [0.2, 0.25) is 0 Å². The van der Waals surface area contributed by atoms with E-state index in [1.165, 1.54) is 24.3 Å². The van der Waals surface area contributed by atoms with E-state index in [1.54, 1.807) is 4.90 Å². The van der Waals surface area contributed by atoms with Crippen molar-refractivity contribution in [3.05, 3.63) is 30.1 Å². The smallest absolute Gasteiger partial charge is 0.410 e. The molecule has 1 fully saturated rings. The first-order valence-corrected chi connectivity index (χ1v) is 5.87. The summed E-state index contributed by atoms with van der Waals surface area (Å²) >= 11 is 0. The van der Waals surface area contributed by atoms with Crippen LogP contribution in [0.25, 0.3) is 0 Å². The van der Waals surface area contributed by atoms with Gasteiger partial charge in [-0.15, -0.1) is 0 Å². The van der Waals surface area contributed by atoms with Crippen molar-refractivity contribution in [1.82, 2.24) is 4.90 Å². The number of benzene rings is 1. The second-order valence-corrected chi connectivity index (χ2v) is 4.49. The van der Waals surface area contributed by atoms with Crippen LogP contribution in [0, 0.1) is 11.7 Å². The molecular weight excluding hydrogens is 221 g/mol. The number of piperidine rings is 1. The Morgan fingerprint density at radius 1 is 1.29 bits per heavy atom. The number of hydrogen-bond donors (Lipinski definition) is 0. The molecule has 17 heavy (non-hydrogen) atoms. The molecule has 1 amide bonds. The van der Waals surface area contributed by atoms with E-state index in [0.717, 1.165) is 25.9 Å². The standard InChI is InChI=1S/C13H16FNO2/c1-10-6-8-15(9-7-10)13(16)17-12-4-2-11(14)3-5-12/h2-5,10H,6-9H2,1H3. The number of nitrogens with zero attached hydrogens (tertiary/aromatic N) is 1. The first kappa shape index (κ1) is 11.9. The van der Waals surface area contributed by atoms with Gasteiger partial charge in [-0.2, -0.15) is 0 Å². The third-order valence-corrected chi connectivity index (χ3v) is 3.06. The predicted molar refractivity (Wildman–Crippen MR) is 62.4 cm³/mol. The minimum Gasteiger partial charge on any atom is -0.410 e. The van der Waals surface area contributed by atoms with Crippen molar-refractivity contribution in [2.24, 2.45) is 5.92 Å². The van der Waals surface area contributed by atoms with E-state index in [9.17, 15) is 9.18 Å². The fourth-order valence-corrected chi connectivity index (χ4v) is 1.86. The summed E-state index contributed by atoms with van der Waals surface area (Å²) in [5.74, 6) is 0.719. The SMILES string of the molecule is CC1CCN(C(=O)Oc2ccc(F)cc2)CC1. The molecule has 0 bridgehead atoms. The zero-order valence-electron chi connectivity index (χ0n) is 9.86. The fraction of sp³-hybridized carbons (Fsp3) is 0.462. The lowest BCUT2D eigenvalue weighted by Crippen LogP contribution is -2.39. The molecule has 4 heteroatoms. The van der Waals surface area contributed by atoms with Gasteiger partial charge in [-0.3, -0.25) is 0 Å². The molecule has 0 unspecified atom stereocenters. The molecule has 1 aromatic carbocycles. The fourth-order valence-electron chi connectivity index (χ4n) is 1.86. The summed E-state index contributed by atoms with van der Waals surface area (Å²) in [4.78, 5) is 13.5. The first-order chi connectivity index (χ1) is 8.15. The van der Waals surface area contributed by atoms with Gasteiger partial charge in [-0.05, 0) is 43.0 Å². The molecule has 1 heterocycles. The van der Waals surface area contributed by atoms with Crippen LogP contribution in [0.1, 0.15) is 19.8 Å². The van der Waals surface area contributed by atoms with Crippen LogP contribution in [-0.4, -0.2) is 24.1 Å². The summed E-state index contributed by atoms with van der Waals surface area (Å²) in [6, 6.07) is 5.47. The molecule has 2 rings (SSSR count). The Balaban J connectivity index is 1.90. The van der Waals surface area contributed by atoms with Gasteiger partial charge in [0.25, 0.3) is 0 Å². The lowest BCUT2D eigenvalue weighted by molar-refractivity contribution is 0.133. The van der Waals surface area contributed by atoms with Gasteiger partial charge in [-0.1, -0.05) is 6.92 Å². The summed E-state index contributed by atoms with van der Waals surface area (Å²) in [6.45, 7) is 3.66. The summed E-state index contributed by atoms with van der Waals surface area (Å²) in [5, 5.41) is 0. The zero-order valence-corrected chi connectivity index (χ0v) is 9.86. The molecule has 0 aromatic heterocycles. The van der Waals surface area contributed by atoms with Crippen molar-refractivity contribution < 1.29 is 13.9 Å². The Labute approximate surface area is 100 Å². The number of carbonyl (C=O) groups is 1. The molecule has 0 aliphatic carbocycles. The van der Waals surface area contributed by atoms with Crippen LogP contribution >= 0.6 is 0 Å². The summed E-state index contributed by atoms with van der Waals surface area (Å²) in [7, 11) is 0. The predicted octanol–water partition coefficient (Wildman–Crippen LogP) is 3.06. The van der Waals surface area contributed by atoms with Crippen LogP contribution in [0.4, 0.5) is 9.18 Å². The van der Waals surface area contributed by atoms with E-state index < -0.39 is 0 Å². The third kappa shape index (κ3) is 3.19. The lowest BCUT2D eigenvalue weighted by Gasteiger charge is -2.29. The summed E-state index contributed by atoms with van der Waals surface area (Å²) in [5.41, 5.74) is 0. The highest BCUT2D eigenvalue weighted by Crippen LogP contribution is 2.18. The molecule has 3 nitrogen and oxygen atoms in total. The molecule has 0 spiro atoms. The number of carbonyl (C=O) groups excluding carboxylic acids is 1. The quantitative estimate of drug-likeness (QED) is 0.751. The minimum atomic E-state index is -0.344. The molecular formula is C13H16FNO2. The Kier molecular flexibility index (Phi) is 3.61. The normalized spacial score (nSPS) is 16.9. The Hall–Kier alpha value is -1.58. The largest absolute Gasteiger partial charge is 0.415 e. The van der Waals surface area contributed by atoms with Gasteiger partial charge in [-0.25, -0.2) is 9.18 Å². The first-order valence-electron chi connectivity index (χ1n) is 5.87. The van der Waals surface area contributed by atoms with E-state index in [0.29, 0.717) is 11.7 Å². The lowest BCUT2D eigenvalue weighted by atomic mass is 10.00. The third-order valence-electron chi connectivity index (χ3n) is 3.06. The zero-order chi connectivity index (χ0) is 12.3. The van der Waals surface area contributed by atoms with Crippen LogP contribution in [0.2, 0.25) is 0 Å².